The third-order valence-electron chi connectivity index (χ3n) is 2.92. The molecule has 0 aliphatic heterocycles. The van der Waals surface area contributed by atoms with Crippen molar-refractivity contribution in [1.82, 2.24) is 5.32 Å². The Bertz CT molecular complexity index is 589. The van der Waals surface area contributed by atoms with E-state index in [-0.39, 0.29) is 6.54 Å². The van der Waals surface area contributed by atoms with Crippen LogP contribution in [0.3, 0.4) is 0 Å². The average Bonchev–Trinajstić information content (AvgIpc) is 2.76. The number of halogens is 4. The molecule has 1 nitrogen and oxygen atoms in total. The summed E-state index contributed by atoms with van der Waals surface area (Å²) in [6.45, 7) is 2.83. The van der Waals surface area contributed by atoms with Gasteiger partial charge in [0.1, 0.15) is 5.82 Å². The van der Waals surface area contributed by atoms with E-state index >= 15 is 0 Å². The highest BCUT2D eigenvalue weighted by Gasteiger charge is 2.34. The van der Waals surface area contributed by atoms with Crippen molar-refractivity contribution in [3.05, 3.63) is 57.0 Å². The molecule has 0 amide bonds. The van der Waals surface area contributed by atoms with Crippen LogP contribution in [0.4, 0.5) is 17.6 Å². The maximum absolute atomic E-state index is 13.1. The molecule has 20 heavy (non-hydrogen) atoms. The monoisotopic (exact) mass is 303 g/mol. The molecule has 0 bridgehead atoms. The molecule has 6 heteroatoms. The summed E-state index contributed by atoms with van der Waals surface area (Å²) in [7, 11) is 0. The van der Waals surface area contributed by atoms with Gasteiger partial charge in [-0.2, -0.15) is 13.2 Å². The number of thiophene rings is 1. The summed E-state index contributed by atoms with van der Waals surface area (Å²) in [5.74, 6) is -1.24. The first kappa shape index (κ1) is 15.0. The molecule has 1 aromatic heterocycles. The number of aryl methyl sites for hydroxylation is 1. The average molecular weight is 303 g/mol. The molecule has 1 heterocycles. The smallest absolute Gasteiger partial charge is 0.308 e. The fourth-order valence-electron chi connectivity index (χ4n) is 1.81. The van der Waals surface area contributed by atoms with E-state index in [1.807, 2.05) is 18.4 Å². The van der Waals surface area contributed by atoms with Crippen LogP contribution in [0.1, 0.15) is 21.6 Å². The Hall–Kier alpha value is -1.40. The van der Waals surface area contributed by atoms with Crippen LogP contribution < -0.4 is 5.32 Å². The molecule has 0 saturated carbocycles. The van der Waals surface area contributed by atoms with Crippen LogP contribution in [0, 0.1) is 12.7 Å². The van der Waals surface area contributed by atoms with E-state index in [1.54, 1.807) is 11.3 Å². The van der Waals surface area contributed by atoms with Crippen LogP contribution in [0.15, 0.2) is 29.6 Å². The lowest BCUT2D eigenvalue weighted by Crippen LogP contribution is -2.14. The predicted octanol–water partition coefficient (Wildman–Crippen LogP) is 4.50. The lowest BCUT2D eigenvalue weighted by molar-refractivity contribution is -0.140. The predicted molar refractivity (Wildman–Crippen MR) is 71.0 cm³/mol. The van der Waals surface area contributed by atoms with Crippen molar-refractivity contribution >= 4 is 11.3 Å². The zero-order valence-electron chi connectivity index (χ0n) is 10.7. The summed E-state index contributed by atoms with van der Waals surface area (Å²) in [5, 5.41) is 5.03. The van der Waals surface area contributed by atoms with Gasteiger partial charge in [-0.15, -0.1) is 11.3 Å². The summed E-state index contributed by atoms with van der Waals surface area (Å²) < 4.78 is 50.8. The van der Waals surface area contributed by atoms with Gasteiger partial charge in [0.2, 0.25) is 0 Å². The van der Waals surface area contributed by atoms with Crippen molar-refractivity contribution in [3.63, 3.8) is 0 Å². The molecular formula is C14H13F4NS. The number of hydrogen-bond acceptors (Lipinski definition) is 2. The third kappa shape index (κ3) is 3.58. The van der Waals surface area contributed by atoms with Gasteiger partial charge in [0.15, 0.2) is 0 Å². The van der Waals surface area contributed by atoms with Crippen LogP contribution in [0.2, 0.25) is 0 Å². The molecule has 108 valence electrons. The Morgan fingerprint density at radius 1 is 1.15 bits per heavy atom. The van der Waals surface area contributed by atoms with E-state index in [0.717, 1.165) is 22.6 Å². The maximum atomic E-state index is 13.1. The SMILES string of the molecule is Cc1ccsc1CNCc1ccc(F)c(C(F)(F)F)c1. The molecule has 2 rings (SSSR count). The van der Waals surface area contributed by atoms with Crippen LogP contribution in [-0.2, 0) is 19.3 Å². The normalized spacial score (nSPS) is 11.8. The molecule has 0 saturated heterocycles. The van der Waals surface area contributed by atoms with E-state index in [2.05, 4.69) is 5.32 Å². The second kappa shape index (κ2) is 5.93. The minimum atomic E-state index is -4.66. The molecule has 0 unspecified atom stereocenters. The summed E-state index contributed by atoms with van der Waals surface area (Å²) in [5.41, 5.74) is 0.342. The molecule has 0 radical (unpaired) electrons. The quantitative estimate of drug-likeness (QED) is 0.820. The minimum absolute atomic E-state index is 0.265. The Morgan fingerprint density at radius 2 is 1.90 bits per heavy atom. The van der Waals surface area contributed by atoms with Crippen molar-refractivity contribution < 1.29 is 17.6 Å². The van der Waals surface area contributed by atoms with E-state index in [1.165, 1.54) is 6.07 Å². The van der Waals surface area contributed by atoms with Gasteiger partial charge in [-0.25, -0.2) is 4.39 Å². The first-order chi connectivity index (χ1) is 9.38. The molecule has 1 N–H and O–H groups in total. The Labute approximate surface area is 118 Å². The van der Waals surface area contributed by atoms with Crippen LogP contribution >= 0.6 is 11.3 Å². The highest BCUT2D eigenvalue weighted by molar-refractivity contribution is 7.10. The van der Waals surface area contributed by atoms with Gasteiger partial charge >= 0.3 is 6.18 Å². The lowest BCUT2D eigenvalue weighted by Gasteiger charge is -2.10. The van der Waals surface area contributed by atoms with E-state index in [4.69, 9.17) is 0 Å². The van der Waals surface area contributed by atoms with Gasteiger partial charge in [-0.3, -0.25) is 0 Å². The molecule has 0 atom stereocenters. The number of hydrogen-bond donors (Lipinski definition) is 1. The highest BCUT2D eigenvalue weighted by atomic mass is 32.1. The van der Waals surface area contributed by atoms with Crippen LogP contribution in [-0.4, -0.2) is 0 Å². The van der Waals surface area contributed by atoms with E-state index in [9.17, 15) is 17.6 Å². The molecule has 0 fully saturated rings. The topological polar surface area (TPSA) is 12.0 Å². The Kier molecular flexibility index (Phi) is 4.45. The van der Waals surface area contributed by atoms with Crippen LogP contribution in [0.5, 0.6) is 0 Å². The van der Waals surface area contributed by atoms with Gasteiger partial charge < -0.3 is 5.32 Å². The number of nitrogens with one attached hydrogen (secondary N) is 1. The van der Waals surface area contributed by atoms with Gasteiger partial charge in [-0.05, 0) is 41.6 Å². The number of benzene rings is 1. The zero-order valence-corrected chi connectivity index (χ0v) is 11.5. The fourth-order valence-corrected chi connectivity index (χ4v) is 2.68. The number of alkyl halides is 3. The van der Waals surface area contributed by atoms with Gasteiger partial charge in [0.05, 0.1) is 5.56 Å². The zero-order chi connectivity index (χ0) is 14.8. The first-order valence-electron chi connectivity index (χ1n) is 5.97. The van der Waals surface area contributed by atoms with E-state index in [0.29, 0.717) is 12.1 Å². The Morgan fingerprint density at radius 3 is 2.50 bits per heavy atom. The summed E-state index contributed by atoms with van der Waals surface area (Å²) in [4.78, 5) is 1.14. The van der Waals surface area contributed by atoms with Crippen molar-refractivity contribution in [3.8, 4) is 0 Å². The van der Waals surface area contributed by atoms with Crippen molar-refractivity contribution in [1.29, 1.82) is 0 Å². The van der Waals surface area contributed by atoms with Gasteiger partial charge in [0.25, 0.3) is 0 Å². The molecule has 0 spiro atoms. The largest absolute Gasteiger partial charge is 0.419 e. The van der Waals surface area contributed by atoms with Crippen molar-refractivity contribution in [2.45, 2.75) is 26.2 Å². The lowest BCUT2D eigenvalue weighted by atomic mass is 10.1. The molecule has 0 aliphatic carbocycles. The van der Waals surface area contributed by atoms with Crippen molar-refractivity contribution in [2.75, 3.05) is 0 Å². The van der Waals surface area contributed by atoms with E-state index < -0.39 is 17.6 Å². The standard InChI is InChI=1S/C14H13F4NS/c1-9-4-5-20-13(9)8-19-7-10-2-3-12(15)11(6-10)14(16,17)18/h2-6,19H,7-8H2,1H3. The third-order valence-corrected chi connectivity index (χ3v) is 3.94. The van der Waals surface area contributed by atoms with Crippen LogP contribution in [0.25, 0.3) is 0 Å². The second-order valence-electron chi connectivity index (χ2n) is 4.44. The summed E-state index contributed by atoms with van der Waals surface area (Å²) >= 11 is 1.59. The van der Waals surface area contributed by atoms with Crippen molar-refractivity contribution in [2.24, 2.45) is 0 Å². The highest BCUT2D eigenvalue weighted by Crippen LogP contribution is 2.31. The van der Waals surface area contributed by atoms with Gasteiger partial charge in [-0.1, -0.05) is 6.07 Å². The second-order valence-corrected chi connectivity index (χ2v) is 5.44. The maximum Gasteiger partial charge on any atom is 0.419 e. The molecular weight excluding hydrogens is 290 g/mol. The molecule has 1 aromatic carbocycles. The number of rotatable bonds is 4. The first-order valence-corrected chi connectivity index (χ1v) is 6.85. The Balaban J connectivity index is 2.02. The molecule has 0 aliphatic rings. The summed E-state index contributed by atoms with van der Waals surface area (Å²) in [6.07, 6.45) is -4.66. The van der Waals surface area contributed by atoms with Gasteiger partial charge in [0, 0.05) is 18.0 Å². The fraction of sp³-hybridized carbons (Fsp3) is 0.286. The summed E-state index contributed by atoms with van der Waals surface area (Å²) in [6, 6.07) is 5.06. The minimum Gasteiger partial charge on any atom is -0.308 e. The molecule has 2 aromatic rings.